The van der Waals surface area contributed by atoms with Gasteiger partial charge >= 0.3 is 6.09 Å². The maximum absolute atomic E-state index is 10.6. The van der Waals surface area contributed by atoms with Crippen molar-refractivity contribution in [3.05, 3.63) is 48.3 Å². The van der Waals surface area contributed by atoms with E-state index in [0.29, 0.717) is 5.75 Å². The van der Waals surface area contributed by atoms with Crippen LogP contribution in [0.3, 0.4) is 0 Å². The molecule has 0 saturated heterocycles. The Bertz CT molecular complexity index is 535. The molecule has 0 saturated carbocycles. The first-order valence-corrected chi connectivity index (χ1v) is 5.15. The minimum absolute atomic E-state index is 0.438. The number of hydrogen-bond acceptors (Lipinski definition) is 3. The molecule has 0 unspecified atom stereocenters. The molecule has 2 N–H and O–H groups in total. The lowest BCUT2D eigenvalue weighted by atomic mass is 10.0. The molecule has 1 amide bonds. The van der Waals surface area contributed by atoms with Gasteiger partial charge in [-0.1, -0.05) is 12.1 Å². The monoisotopic (exact) mass is 228 g/mol. The number of benzene rings is 1. The van der Waals surface area contributed by atoms with Gasteiger partial charge in [0.1, 0.15) is 5.75 Å². The van der Waals surface area contributed by atoms with Crippen LogP contribution >= 0.6 is 0 Å². The van der Waals surface area contributed by atoms with Crippen LogP contribution < -0.4 is 10.5 Å². The first-order chi connectivity index (χ1) is 8.16. The van der Waals surface area contributed by atoms with Crippen molar-refractivity contribution in [3.8, 4) is 16.9 Å². The van der Waals surface area contributed by atoms with Gasteiger partial charge in [-0.2, -0.15) is 0 Å². The van der Waals surface area contributed by atoms with Crippen molar-refractivity contribution in [1.29, 1.82) is 0 Å². The second-order valence-corrected chi connectivity index (χ2v) is 3.64. The molecule has 0 aliphatic rings. The first-order valence-electron chi connectivity index (χ1n) is 5.15. The molecule has 0 fully saturated rings. The molecular formula is C13H12N2O2. The van der Waals surface area contributed by atoms with Crippen LogP contribution in [0.5, 0.6) is 5.75 Å². The number of carbonyl (C=O) groups is 1. The number of nitrogens with two attached hydrogens (primary N) is 1. The van der Waals surface area contributed by atoms with Crippen molar-refractivity contribution in [3.63, 3.8) is 0 Å². The highest BCUT2D eigenvalue weighted by Gasteiger charge is 2.03. The van der Waals surface area contributed by atoms with E-state index in [-0.39, 0.29) is 0 Å². The van der Waals surface area contributed by atoms with Gasteiger partial charge in [0.25, 0.3) is 0 Å². The largest absolute Gasteiger partial charge is 0.411 e. The van der Waals surface area contributed by atoms with Gasteiger partial charge in [-0.25, -0.2) is 4.79 Å². The summed E-state index contributed by atoms with van der Waals surface area (Å²) in [5, 5.41) is 0. The number of rotatable bonds is 2. The quantitative estimate of drug-likeness (QED) is 0.858. The van der Waals surface area contributed by atoms with Gasteiger partial charge in [0.15, 0.2) is 0 Å². The summed E-state index contributed by atoms with van der Waals surface area (Å²) in [6, 6.07) is 9.11. The summed E-state index contributed by atoms with van der Waals surface area (Å²) >= 11 is 0. The van der Waals surface area contributed by atoms with E-state index in [1.165, 1.54) is 0 Å². The summed E-state index contributed by atoms with van der Waals surface area (Å²) in [5.41, 5.74) is 8.17. The maximum Gasteiger partial charge on any atom is 0.409 e. The van der Waals surface area contributed by atoms with Crippen LogP contribution in [0.4, 0.5) is 4.79 Å². The maximum atomic E-state index is 10.6. The van der Waals surface area contributed by atoms with Crippen molar-refractivity contribution in [2.75, 3.05) is 0 Å². The minimum Gasteiger partial charge on any atom is -0.411 e. The molecule has 4 heteroatoms. The second kappa shape index (κ2) is 4.65. The third-order valence-corrected chi connectivity index (χ3v) is 2.40. The zero-order chi connectivity index (χ0) is 12.3. The van der Waals surface area contributed by atoms with Gasteiger partial charge in [0.05, 0.1) is 0 Å². The second-order valence-electron chi connectivity index (χ2n) is 3.64. The zero-order valence-corrected chi connectivity index (χ0v) is 9.38. The summed E-state index contributed by atoms with van der Waals surface area (Å²) in [6.07, 6.45) is 2.75. The van der Waals surface area contributed by atoms with E-state index in [4.69, 9.17) is 10.5 Å². The van der Waals surface area contributed by atoms with E-state index in [1.807, 2.05) is 31.3 Å². The lowest BCUT2D eigenvalue weighted by Crippen LogP contribution is -2.16. The van der Waals surface area contributed by atoms with Crippen molar-refractivity contribution >= 4 is 6.09 Å². The number of hydrogen-bond donors (Lipinski definition) is 1. The van der Waals surface area contributed by atoms with E-state index in [1.54, 1.807) is 18.3 Å². The van der Waals surface area contributed by atoms with Crippen molar-refractivity contribution < 1.29 is 9.53 Å². The molecule has 0 spiro atoms. The average Bonchev–Trinajstić information content (AvgIpc) is 2.30. The normalized spacial score (nSPS) is 9.94. The molecule has 1 heterocycles. The highest BCUT2D eigenvalue weighted by atomic mass is 16.5. The Labute approximate surface area is 99.1 Å². The third kappa shape index (κ3) is 2.60. The fourth-order valence-electron chi connectivity index (χ4n) is 1.62. The van der Waals surface area contributed by atoms with Gasteiger partial charge in [0.2, 0.25) is 0 Å². The van der Waals surface area contributed by atoms with Crippen molar-refractivity contribution in [1.82, 2.24) is 4.98 Å². The van der Waals surface area contributed by atoms with Gasteiger partial charge in [-0.05, 0) is 41.8 Å². The van der Waals surface area contributed by atoms with Crippen LogP contribution in [0.2, 0.25) is 0 Å². The summed E-state index contributed by atoms with van der Waals surface area (Å²) in [6.45, 7) is 2.00. The third-order valence-electron chi connectivity index (χ3n) is 2.40. The number of aromatic nitrogens is 1. The molecule has 17 heavy (non-hydrogen) atoms. The van der Waals surface area contributed by atoms with E-state index in [0.717, 1.165) is 16.7 Å². The summed E-state index contributed by atoms with van der Waals surface area (Å²) in [4.78, 5) is 14.6. The van der Waals surface area contributed by atoms with Gasteiger partial charge in [-0.3, -0.25) is 4.98 Å². The van der Waals surface area contributed by atoms with Crippen LogP contribution in [-0.2, 0) is 0 Å². The van der Waals surface area contributed by atoms with Gasteiger partial charge < -0.3 is 10.5 Å². The Kier molecular flexibility index (Phi) is 3.05. The van der Waals surface area contributed by atoms with Crippen LogP contribution in [0.25, 0.3) is 11.1 Å². The van der Waals surface area contributed by atoms with Crippen molar-refractivity contribution in [2.24, 2.45) is 5.73 Å². The number of carbonyl (C=O) groups excluding carboxylic acids is 1. The lowest BCUT2D eigenvalue weighted by molar-refractivity contribution is 0.211. The number of amides is 1. The van der Waals surface area contributed by atoms with Crippen LogP contribution in [0.1, 0.15) is 5.56 Å². The molecule has 0 bridgehead atoms. The number of ether oxygens (including phenoxy) is 1. The minimum atomic E-state index is -0.808. The Hall–Kier alpha value is -2.36. The molecule has 1 aromatic carbocycles. The number of aryl methyl sites for hydroxylation is 1. The standard InChI is InChI=1S/C13H12N2O2/c1-9-8-15-7-6-12(9)10-2-4-11(5-3-10)17-13(14)16/h2-8H,1H3,(H2,14,16). The van der Waals surface area contributed by atoms with Crippen LogP contribution in [0, 0.1) is 6.92 Å². The molecule has 86 valence electrons. The number of nitrogens with zero attached hydrogens (tertiary/aromatic N) is 1. The molecule has 0 aliphatic heterocycles. The molecular weight excluding hydrogens is 216 g/mol. The first kappa shape index (κ1) is 11.1. The van der Waals surface area contributed by atoms with Crippen LogP contribution in [-0.4, -0.2) is 11.1 Å². The summed E-state index contributed by atoms with van der Waals surface area (Å²) < 4.78 is 4.76. The van der Waals surface area contributed by atoms with Crippen molar-refractivity contribution in [2.45, 2.75) is 6.92 Å². The topological polar surface area (TPSA) is 65.2 Å². The van der Waals surface area contributed by atoms with E-state index in [9.17, 15) is 4.79 Å². The smallest absolute Gasteiger partial charge is 0.409 e. The summed E-state index contributed by atoms with van der Waals surface area (Å²) in [7, 11) is 0. The number of primary amides is 1. The molecule has 0 aliphatic carbocycles. The molecule has 2 aromatic rings. The van der Waals surface area contributed by atoms with E-state index in [2.05, 4.69) is 4.98 Å². The Morgan fingerprint density at radius 3 is 2.53 bits per heavy atom. The predicted molar refractivity (Wildman–Crippen MR) is 64.6 cm³/mol. The van der Waals surface area contributed by atoms with E-state index < -0.39 is 6.09 Å². The molecule has 2 rings (SSSR count). The van der Waals surface area contributed by atoms with Crippen LogP contribution in [0.15, 0.2) is 42.7 Å². The highest BCUT2D eigenvalue weighted by molar-refractivity contribution is 5.70. The Morgan fingerprint density at radius 2 is 1.94 bits per heavy atom. The highest BCUT2D eigenvalue weighted by Crippen LogP contribution is 2.24. The molecule has 1 aromatic heterocycles. The number of pyridine rings is 1. The summed E-state index contributed by atoms with van der Waals surface area (Å²) in [5.74, 6) is 0.438. The molecule has 4 nitrogen and oxygen atoms in total. The Balaban J connectivity index is 2.30. The molecule has 0 atom stereocenters. The van der Waals surface area contributed by atoms with Gasteiger partial charge in [-0.15, -0.1) is 0 Å². The zero-order valence-electron chi connectivity index (χ0n) is 9.38. The Morgan fingerprint density at radius 1 is 1.24 bits per heavy atom. The molecule has 0 radical (unpaired) electrons. The van der Waals surface area contributed by atoms with E-state index >= 15 is 0 Å². The fourth-order valence-corrected chi connectivity index (χ4v) is 1.62. The SMILES string of the molecule is Cc1cnccc1-c1ccc(OC(N)=O)cc1. The van der Waals surface area contributed by atoms with Gasteiger partial charge in [0, 0.05) is 12.4 Å². The predicted octanol–water partition coefficient (Wildman–Crippen LogP) is 2.51. The lowest BCUT2D eigenvalue weighted by Gasteiger charge is -2.06. The fraction of sp³-hybridized carbons (Fsp3) is 0.0769. The average molecular weight is 228 g/mol.